The number of aromatic nitrogens is 9. The first-order valence-electron chi connectivity index (χ1n) is 36.2. The number of ether oxygens (including phenoxy) is 5. The lowest BCUT2D eigenvalue weighted by Gasteiger charge is -2.20. The number of hydrogen-bond acceptors (Lipinski definition) is 28. The van der Waals surface area contributed by atoms with Crippen LogP contribution in [0.4, 0.5) is 37.6 Å². The summed E-state index contributed by atoms with van der Waals surface area (Å²) < 4.78 is 110. The van der Waals surface area contributed by atoms with Crippen molar-refractivity contribution in [3.8, 4) is 28.7 Å². The zero-order valence-electron chi connectivity index (χ0n) is 65.7. The summed E-state index contributed by atoms with van der Waals surface area (Å²) in [6.07, 6.45) is 14.3. The lowest BCUT2D eigenvalue weighted by atomic mass is 10.2. The highest BCUT2D eigenvalue weighted by Gasteiger charge is 2.19. The number of methoxy groups -OCH3 is 2. The van der Waals surface area contributed by atoms with E-state index in [1.807, 2.05) is 109 Å². The van der Waals surface area contributed by atoms with Crippen LogP contribution in [0.25, 0.3) is 55.5 Å². The lowest BCUT2D eigenvalue weighted by Crippen LogP contribution is -2.34. The molecular weight excluding hydrogens is 1560 g/mol. The third kappa shape index (κ3) is 26.7. The number of phenols is 1. The van der Waals surface area contributed by atoms with Crippen LogP contribution in [0.1, 0.15) is 48.6 Å². The Morgan fingerprint density at radius 2 is 0.898 bits per heavy atom. The van der Waals surface area contributed by atoms with Gasteiger partial charge in [0.2, 0.25) is 0 Å². The highest BCUT2D eigenvalue weighted by atomic mass is 35.5. The SMILES string of the molecule is CN(Cc1ccncc1)c1nc2ccc(O)cc2o1.CN(Cc1ccncc1)c1nc2ccc(OC/C(=C/F)CN)cc2o1.CN(Cc1ccncc1)c1nc2ccc(OC/C(=C/F)CNC(=O)OC(C)(C)C)cc2o1.COc1ccc2nc(Cl)oc2c1.COc1ccc2nc(NCc3ccncc3)oc2c1.Cc1ccc(S(=O)(=O)O)cc1. The van der Waals surface area contributed by atoms with Gasteiger partial charge in [0.05, 0.1) is 31.8 Å². The zero-order valence-corrected chi connectivity index (χ0v) is 67.3. The minimum absolute atomic E-state index is 0.0279. The molecule has 30 nitrogen and oxygen atoms in total. The van der Waals surface area contributed by atoms with E-state index in [2.05, 4.69) is 55.5 Å². The molecule has 15 rings (SSSR count). The van der Waals surface area contributed by atoms with Gasteiger partial charge in [-0.3, -0.25) is 24.5 Å². The Kier molecular flexibility index (Phi) is 30.9. The predicted molar refractivity (Wildman–Crippen MR) is 444 cm³/mol. The average Bonchev–Trinajstić information content (AvgIpc) is 1.69. The Hall–Kier alpha value is -13.8. The van der Waals surface area contributed by atoms with Crippen LogP contribution in [0.2, 0.25) is 5.35 Å². The summed E-state index contributed by atoms with van der Waals surface area (Å²) in [5, 5.41) is 15.2. The summed E-state index contributed by atoms with van der Waals surface area (Å²) in [5.41, 5.74) is 17.6. The molecule has 6 aromatic carbocycles. The van der Waals surface area contributed by atoms with Crippen LogP contribution in [-0.4, -0.2) is 136 Å². The number of amides is 1. The van der Waals surface area contributed by atoms with E-state index in [1.54, 1.807) is 169 Å². The number of carbonyl (C=O) groups is 1. The number of rotatable bonds is 24. The molecule has 614 valence electrons. The van der Waals surface area contributed by atoms with E-state index >= 15 is 0 Å². The highest BCUT2D eigenvalue weighted by molar-refractivity contribution is 7.85. The number of carbonyl (C=O) groups excluding carboxylic acids is 1. The van der Waals surface area contributed by atoms with Gasteiger partial charge in [-0.25, -0.2) is 13.6 Å². The zero-order chi connectivity index (χ0) is 84.1. The van der Waals surface area contributed by atoms with E-state index in [-0.39, 0.29) is 47.9 Å². The molecule has 6 N–H and O–H groups in total. The van der Waals surface area contributed by atoms with Crippen molar-refractivity contribution in [2.75, 3.05) is 81.7 Å². The topological polar surface area (TPSA) is 379 Å². The monoisotopic (exact) mass is 1650 g/mol. The normalized spacial score (nSPS) is 11.3. The Bertz CT molecular complexity index is 5880. The molecule has 0 spiro atoms. The Labute approximate surface area is 682 Å². The maximum atomic E-state index is 13.2. The van der Waals surface area contributed by atoms with Gasteiger partial charge in [-0.1, -0.05) is 17.7 Å². The molecule has 0 unspecified atom stereocenters. The lowest BCUT2D eigenvalue weighted by molar-refractivity contribution is 0.0531. The number of fused-ring (bicyclic) bond motifs is 5. The number of aryl methyl sites for hydroxylation is 1. The number of nitrogens with two attached hydrogens (primary N) is 1. The van der Waals surface area contributed by atoms with Crippen LogP contribution in [0, 0.1) is 6.92 Å². The van der Waals surface area contributed by atoms with Crippen molar-refractivity contribution >= 4 is 107 Å². The molecule has 118 heavy (non-hydrogen) atoms. The fraction of sp³-hybridized carbons (Fsp3) is 0.214. The molecule has 0 saturated carbocycles. The standard InChI is InChI=1S/C23H27FN4O4.C18H19FN4O2.2C14H13N3O2.C8H6ClNO2.C7H8O3S/c1-23(2,3)32-22(29)26-13-17(12-24)15-30-18-5-6-19-20(11-18)31-21(27-19)28(4)14-16-7-9-25-10-8-16;1-23(11-13-4-6-21-7-5-13)18-22-16-3-2-15(8-17(16)25-18)24-12-14(9-19)10-20;1-17(9-10-4-6-15-7-5-10)14-16-12-3-2-11(18)8-13(12)19-14;1-18-11-2-3-12-13(8-11)19-14(17-12)16-9-10-4-6-15-7-5-10;1-11-5-2-3-6-7(4-5)12-8(9)10-6;1-6-2-4-7(5-3-6)11(8,9)10/h5-12H,13-15H2,1-4H3,(H,26,29);2-9H,10-12,20H2,1H3;2-8,18H,9H2,1H3;2-8H,9H2,1H3,(H,16,17);2-4H,1H3;2-5H,1H3,(H,8,9,10)/b17-12+;14-9+;;;;. The third-order valence-electron chi connectivity index (χ3n) is 16.5. The molecule has 0 fully saturated rings. The van der Waals surface area contributed by atoms with E-state index in [0.29, 0.717) is 113 Å². The van der Waals surface area contributed by atoms with E-state index < -0.39 is 21.8 Å². The molecule has 0 aliphatic rings. The molecule has 0 saturated heterocycles. The molecular formula is C84H86ClF2N15O15S. The Balaban J connectivity index is 0.000000154. The third-order valence-corrected chi connectivity index (χ3v) is 17.5. The van der Waals surface area contributed by atoms with Crippen molar-refractivity contribution in [3.05, 3.63) is 270 Å². The van der Waals surface area contributed by atoms with Crippen LogP contribution in [0.5, 0.6) is 28.7 Å². The molecule has 0 bridgehead atoms. The minimum Gasteiger partial charge on any atom is -0.508 e. The fourth-order valence-electron chi connectivity index (χ4n) is 10.5. The number of oxazole rings is 5. The summed E-state index contributed by atoms with van der Waals surface area (Å²) >= 11 is 5.56. The Morgan fingerprint density at radius 1 is 0.517 bits per heavy atom. The summed E-state index contributed by atoms with van der Waals surface area (Å²) in [6.45, 7) is 9.85. The number of hydrogen-bond donors (Lipinski definition) is 5. The summed E-state index contributed by atoms with van der Waals surface area (Å²) in [7, 11) is 4.90. The van der Waals surface area contributed by atoms with Crippen LogP contribution in [0.15, 0.2) is 264 Å². The van der Waals surface area contributed by atoms with Gasteiger partial charge in [-0.2, -0.15) is 33.3 Å². The minimum atomic E-state index is -4.02. The van der Waals surface area contributed by atoms with Gasteiger partial charge in [0.25, 0.3) is 39.5 Å². The molecule has 1 amide bonds. The maximum Gasteiger partial charge on any atom is 0.407 e. The first-order valence-corrected chi connectivity index (χ1v) is 38.0. The summed E-state index contributed by atoms with van der Waals surface area (Å²) in [5.74, 6) is 2.72. The van der Waals surface area contributed by atoms with Gasteiger partial charge in [0, 0.05) is 151 Å². The molecule has 9 heterocycles. The number of nitrogens with zero attached hydrogens (tertiary/aromatic N) is 12. The number of nitrogens with one attached hydrogen (secondary N) is 2. The van der Waals surface area contributed by atoms with Crippen molar-refractivity contribution in [1.82, 2.24) is 50.2 Å². The van der Waals surface area contributed by atoms with Crippen molar-refractivity contribution in [3.63, 3.8) is 0 Å². The van der Waals surface area contributed by atoms with Crippen molar-refractivity contribution < 1.29 is 77.4 Å². The Morgan fingerprint density at radius 3 is 1.32 bits per heavy atom. The molecule has 0 atom stereocenters. The second kappa shape index (κ2) is 42.0. The molecule has 0 aliphatic heterocycles. The van der Waals surface area contributed by atoms with Crippen LogP contribution in [-0.2, 0) is 41.0 Å². The smallest absolute Gasteiger partial charge is 0.407 e. The van der Waals surface area contributed by atoms with Crippen LogP contribution in [0.3, 0.4) is 0 Å². The average molecular weight is 1650 g/mol. The van der Waals surface area contributed by atoms with Gasteiger partial charge < -0.3 is 81.9 Å². The number of pyridine rings is 4. The highest BCUT2D eigenvalue weighted by Crippen LogP contribution is 2.31. The predicted octanol–water partition coefficient (Wildman–Crippen LogP) is 16.8. The number of phenolic OH excluding ortho intramolecular Hbond substituents is 1. The molecule has 15 aromatic rings. The summed E-state index contributed by atoms with van der Waals surface area (Å²) in [6, 6.07) is 49.8. The molecule has 0 aliphatic carbocycles. The molecule has 9 aromatic heterocycles. The number of aromatic hydroxyl groups is 1. The largest absolute Gasteiger partial charge is 0.508 e. The maximum absolute atomic E-state index is 13.2. The van der Waals surface area contributed by atoms with Gasteiger partial charge in [0.1, 0.15) is 75.1 Å². The first-order chi connectivity index (χ1) is 56.8. The van der Waals surface area contributed by atoms with Gasteiger partial charge in [-0.05, 0) is 183 Å². The van der Waals surface area contributed by atoms with E-state index in [0.717, 1.165) is 61.4 Å². The van der Waals surface area contributed by atoms with E-state index in [9.17, 15) is 27.1 Å². The number of halogens is 3. The van der Waals surface area contributed by atoms with Crippen LogP contribution >= 0.6 is 11.6 Å². The second-order valence-corrected chi connectivity index (χ2v) is 28.6. The molecule has 34 heteroatoms. The van der Waals surface area contributed by atoms with E-state index in [1.165, 1.54) is 12.1 Å². The molecule has 0 radical (unpaired) electrons. The van der Waals surface area contributed by atoms with E-state index in [4.69, 9.17) is 67.7 Å². The van der Waals surface area contributed by atoms with Gasteiger partial charge in [-0.15, -0.1) is 0 Å². The van der Waals surface area contributed by atoms with Crippen molar-refractivity contribution in [2.45, 2.75) is 64.4 Å². The quantitative estimate of drug-likeness (QED) is 0.0351. The van der Waals surface area contributed by atoms with Gasteiger partial charge in [0.15, 0.2) is 27.9 Å². The second-order valence-electron chi connectivity index (χ2n) is 26.9. The van der Waals surface area contributed by atoms with Crippen LogP contribution < -0.4 is 50.0 Å². The number of alkyl carbamates (subject to hydrolysis) is 1. The van der Waals surface area contributed by atoms with Crippen molar-refractivity contribution in [2.24, 2.45) is 5.73 Å². The summed E-state index contributed by atoms with van der Waals surface area (Å²) in [4.78, 5) is 55.0. The fourth-order valence-corrected chi connectivity index (χ4v) is 11.1. The van der Waals surface area contributed by atoms with Crippen molar-refractivity contribution in [1.29, 1.82) is 0 Å². The first kappa shape index (κ1) is 86.6. The number of anilines is 4. The van der Waals surface area contributed by atoms with Gasteiger partial charge >= 0.3 is 6.09 Å². The number of benzene rings is 6.